The van der Waals surface area contributed by atoms with Crippen molar-refractivity contribution in [2.45, 2.75) is 32.2 Å². The Morgan fingerprint density at radius 2 is 1.84 bits per heavy atom. The molecule has 0 aromatic heterocycles. The van der Waals surface area contributed by atoms with Gasteiger partial charge in [0, 0.05) is 12.0 Å². The lowest BCUT2D eigenvalue weighted by Crippen LogP contribution is -2.47. The summed E-state index contributed by atoms with van der Waals surface area (Å²) in [4.78, 5) is 0. The summed E-state index contributed by atoms with van der Waals surface area (Å²) in [6.45, 7) is 5.71. The lowest BCUT2D eigenvalue weighted by atomic mass is 9.99. The molecule has 1 unspecified atom stereocenters. The van der Waals surface area contributed by atoms with Crippen molar-refractivity contribution in [2.24, 2.45) is 0 Å². The zero-order chi connectivity index (χ0) is 14.1. The number of ether oxygens (including phenoxy) is 2. The van der Waals surface area contributed by atoms with Gasteiger partial charge in [-0.25, -0.2) is 0 Å². The van der Waals surface area contributed by atoms with Crippen molar-refractivity contribution >= 4 is 0 Å². The monoisotopic (exact) mass is 267 g/mol. The van der Waals surface area contributed by atoms with Crippen molar-refractivity contribution in [3.05, 3.63) is 24.3 Å². The highest BCUT2D eigenvalue weighted by atomic mass is 16.5. The molecule has 0 spiro atoms. The van der Waals surface area contributed by atoms with E-state index in [9.17, 15) is 5.11 Å². The molecular weight excluding hydrogens is 242 g/mol. The van der Waals surface area contributed by atoms with Crippen LogP contribution in [0.2, 0.25) is 0 Å². The molecule has 1 aromatic carbocycles. The molecule has 108 valence electrons. The Morgan fingerprint density at radius 1 is 1.21 bits per heavy atom. The van der Waals surface area contributed by atoms with Crippen molar-refractivity contribution in [1.82, 2.24) is 5.32 Å². The molecule has 0 bridgehead atoms. The van der Waals surface area contributed by atoms with Crippen LogP contribution in [0.15, 0.2) is 24.3 Å². The van der Waals surface area contributed by atoms with Crippen LogP contribution < -0.4 is 14.8 Å². The molecule has 19 heavy (non-hydrogen) atoms. The molecule has 0 radical (unpaired) electrons. The minimum atomic E-state index is -0.275. The summed E-state index contributed by atoms with van der Waals surface area (Å²) in [5, 5.41) is 12.8. The van der Waals surface area contributed by atoms with Crippen molar-refractivity contribution < 1.29 is 14.6 Å². The summed E-state index contributed by atoms with van der Waals surface area (Å²) in [6, 6.07) is 7.51. The van der Waals surface area contributed by atoms with Gasteiger partial charge in [-0.2, -0.15) is 0 Å². The third-order valence-corrected chi connectivity index (χ3v) is 3.13. The number of benzene rings is 1. The molecule has 1 aromatic rings. The van der Waals surface area contributed by atoms with Crippen LogP contribution in [0.3, 0.4) is 0 Å². The maximum Gasteiger partial charge on any atom is 0.119 e. The normalized spacial score (nSPS) is 13.9. The summed E-state index contributed by atoms with van der Waals surface area (Å²) in [7, 11) is 1.64. The number of hydrogen-bond acceptors (Lipinski definition) is 4. The second-order valence-corrected chi connectivity index (χ2v) is 4.92. The molecule has 4 heteroatoms. The first kappa shape index (κ1) is 15.8. The molecule has 0 aliphatic heterocycles. The molecule has 0 saturated heterocycles. The second kappa shape index (κ2) is 8.02. The largest absolute Gasteiger partial charge is 0.497 e. The predicted octanol–water partition coefficient (Wildman–Crippen LogP) is 2.21. The third-order valence-electron chi connectivity index (χ3n) is 3.13. The molecule has 0 aliphatic carbocycles. The van der Waals surface area contributed by atoms with Crippen LogP contribution in [0.1, 0.15) is 26.7 Å². The fourth-order valence-corrected chi connectivity index (χ4v) is 1.72. The average molecular weight is 267 g/mol. The fraction of sp³-hybridized carbons (Fsp3) is 0.600. The number of hydrogen-bond donors (Lipinski definition) is 2. The van der Waals surface area contributed by atoms with Crippen LogP contribution in [-0.2, 0) is 0 Å². The summed E-state index contributed by atoms with van der Waals surface area (Å²) in [6.07, 6.45) is 1.81. The number of rotatable bonds is 9. The maximum absolute atomic E-state index is 9.44. The standard InChI is InChI=1S/C15H25NO3/c1-4-10-16-15(2,12-17)9-11-19-14-7-5-13(18-3)6-8-14/h5-8,16-17H,4,9-12H2,1-3H3. The fourth-order valence-electron chi connectivity index (χ4n) is 1.72. The number of methoxy groups -OCH3 is 1. The zero-order valence-corrected chi connectivity index (χ0v) is 12.1. The van der Waals surface area contributed by atoms with Crippen LogP contribution in [0.4, 0.5) is 0 Å². The molecule has 2 N–H and O–H groups in total. The van der Waals surface area contributed by atoms with Gasteiger partial charge in [0.25, 0.3) is 0 Å². The molecule has 1 atom stereocenters. The van der Waals surface area contributed by atoms with E-state index in [1.165, 1.54) is 0 Å². The first-order valence-corrected chi connectivity index (χ1v) is 6.76. The summed E-state index contributed by atoms with van der Waals surface area (Å²) in [5.41, 5.74) is -0.275. The van der Waals surface area contributed by atoms with Gasteiger partial charge in [0.1, 0.15) is 11.5 Å². The number of aliphatic hydroxyl groups is 1. The second-order valence-electron chi connectivity index (χ2n) is 4.92. The summed E-state index contributed by atoms with van der Waals surface area (Å²) < 4.78 is 10.8. The Hall–Kier alpha value is -1.26. The Balaban J connectivity index is 2.38. The van der Waals surface area contributed by atoms with Gasteiger partial charge in [-0.3, -0.25) is 0 Å². The molecule has 0 aliphatic rings. The predicted molar refractivity (Wildman–Crippen MR) is 76.9 cm³/mol. The Bertz CT molecular complexity index is 353. The van der Waals surface area contributed by atoms with Gasteiger partial charge in [0.05, 0.1) is 20.3 Å². The van der Waals surface area contributed by atoms with E-state index in [0.29, 0.717) is 6.61 Å². The zero-order valence-electron chi connectivity index (χ0n) is 12.1. The Kier molecular flexibility index (Phi) is 6.67. The van der Waals surface area contributed by atoms with E-state index in [1.54, 1.807) is 7.11 Å². The van der Waals surface area contributed by atoms with Gasteiger partial charge in [-0.15, -0.1) is 0 Å². The molecule has 0 amide bonds. The van der Waals surface area contributed by atoms with Crippen molar-refractivity contribution in [2.75, 3.05) is 26.9 Å². The van der Waals surface area contributed by atoms with Crippen molar-refractivity contribution in [3.63, 3.8) is 0 Å². The first-order chi connectivity index (χ1) is 9.13. The average Bonchev–Trinajstić information content (AvgIpc) is 2.46. The van der Waals surface area contributed by atoms with Gasteiger partial charge in [-0.05, 0) is 44.2 Å². The lowest BCUT2D eigenvalue weighted by Gasteiger charge is -2.28. The van der Waals surface area contributed by atoms with Gasteiger partial charge < -0.3 is 19.9 Å². The molecule has 0 heterocycles. The van der Waals surface area contributed by atoms with Crippen LogP contribution in [0.25, 0.3) is 0 Å². The number of nitrogens with one attached hydrogen (secondary N) is 1. The van der Waals surface area contributed by atoms with E-state index in [1.807, 2.05) is 31.2 Å². The van der Waals surface area contributed by atoms with Crippen LogP contribution >= 0.6 is 0 Å². The van der Waals surface area contributed by atoms with Crippen LogP contribution in [0, 0.1) is 0 Å². The SMILES string of the molecule is CCCNC(C)(CO)CCOc1ccc(OC)cc1. The third kappa shape index (κ3) is 5.49. The van der Waals surface area contributed by atoms with E-state index in [0.717, 1.165) is 30.9 Å². The highest BCUT2D eigenvalue weighted by Crippen LogP contribution is 2.18. The minimum absolute atomic E-state index is 0.110. The maximum atomic E-state index is 9.44. The molecule has 0 fully saturated rings. The van der Waals surface area contributed by atoms with Gasteiger partial charge in [0.15, 0.2) is 0 Å². The lowest BCUT2D eigenvalue weighted by molar-refractivity contribution is 0.144. The Labute approximate surface area is 115 Å². The van der Waals surface area contributed by atoms with Crippen molar-refractivity contribution in [3.8, 4) is 11.5 Å². The molecule has 0 saturated carbocycles. The van der Waals surface area contributed by atoms with Crippen molar-refractivity contribution in [1.29, 1.82) is 0 Å². The van der Waals surface area contributed by atoms with Gasteiger partial charge in [-0.1, -0.05) is 6.92 Å². The minimum Gasteiger partial charge on any atom is -0.497 e. The van der Waals surface area contributed by atoms with E-state index >= 15 is 0 Å². The number of aliphatic hydroxyl groups excluding tert-OH is 1. The van der Waals surface area contributed by atoms with Crippen LogP contribution in [0.5, 0.6) is 11.5 Å². The van der Waals surface area contributed by atoms with E-state index in [2.05, 4.69) is 12.2 Å². The van der Waals surface area contributed by atoms with E-state index in [4.69, 9.17) is 9.47 Å². The summed E-state index contributed by atoms with van der Waals surface area (Å²) >= 11 is 0. The quantitative estimate of drug-likeness (QED) is 0.720. The first-order valence-electron chi connectivity index (χ1n) is 6.76. The Morgan fingerprint density at radius 3 is 2.37 bits per heavy atom. The topological polar surface area (TPSA) is 50.7 Å². The summed E-state index contributed by atoms with van der Waals surface area (Å²) in [5.74, 6) is 1.63. The van der Waals surface area contributed by atoms with Gasteiger partial charge >= 0.3 is 0 Å². The van der Waals surface area contributed by atoms with E-state index in [-0.39, 0.29) is 12.1 Å². The highest BCUT2D eigenvalue weighted by molar-refractivity contribution is 5.31. The molecule has 4 nitrogen and oxygen atoms in total. The van der Waals surface area contributed by atoms with Crippen LogP contribution in [-0.4, -0.2) is 37.5 Å². The molecular formula is C15H25NO3. The smallest absolute Gasteiger partial charge is 0.119 e. The van der Waals surface area contributed by atoms with E-state index < -0.39 is 0 Å². The van der Waals surface area contributed by atoms with Gasteiger partial charge in [0.2, 0.25) is 0 Å². The highest BCUT2D eigenvalue weighted by Gasteiger charge is 2.21. The molecule has 1 rings (SSSR count).